The van der Waals surface area contributed by atoms with E-state index in [-0.39, 0.29) is 17.9 Å². The van der Waals surface area contributed by atoms with Gasteiger partial charge in [0.25, 0.3) is 11.8 Å². The summed E-state index contributed by atoms with van der Waals surface area (Å²) in [4.78, 5) is 24.3. The highest BCUT2D eigenvalue weighted by Crippen LogP contribution is 2.21. The number of amides is 2. The quantitative estimate of drug-likeness (QED) is 0.794. The molecular formula is C19H20Cl2N2O2. The summed E-state index contributed by atoms with van der Waals surface area (Å²) in [5.74, 6) is -0.429. The Morgan fingerprint density at radius 3 is 2.32 bits per heavy atom. The van der Waals surface area contributed by atoms with Gasteiger partial charge in [-0.3, -0.25) is 9.59 Å². The summed E-state index contributed by atoms with van der Waals surface area (Å²) < 4.78 is 0. The van der Waals surface area contributed by atoms with Crippen molar-refractivity contribution in [3.8, 4) is 0 Å². The van der Waals surface area contributed by atoms with Crippen molar-refractivity contribution in [3.63, 3.8) is 0 Å². The van der Waals surface area contributed by atoms with Crippen LogP contribution >= 0.6 is 23.2 Å². The lowest BCUT2D eigenvalue weighted by atomic mass is 10.1. The van der Waals surface area contributed by atoms with Gasteiger partial charge in [0.2, 0.25) is 0 Å². The number of rotatable bonds is 6. The molecule has 0 fully saturated rings. The van der Waals surface area contributed by atoms with E-state index in [1.807, 2.05) is 19.9 Å². The zero-order chi connectivity index (χ0) is 18.4. The number of halogens is 2. The Kier molecular flexibility index (Phi) is 6.85. The third kappa shape index (κ3) is 5.76. The van der Waals surface area contributed by atoms with Gasteiger partial charge in [0.05, 0.1) is 0 Å². The minimum absolute atomic E-state index is 0.0362. The highest BCUT2D eigenvalue weighted by Gasteiger charge is 2.11. The summed E-state index contributed by atoms with van der Waals surface area (Å²) >= 11 is 12.0. The van der Waals surface area contributed by atoms with Crippen LogP contribution in [0.15, 0.2) is 42.5 Å². The SMILES string of the molecule is CC(C)NC(=O)c1cccc(C(=O)NCCc2ccc(Cl)cc2Cl)c1. The van der Waals surface area contributed by atoms with Crippen molar-refractivity contribution >= 4 is 35.0 Å². The molecule has 2 amide bonds. The first kappa shape index (κ1) is 19.3. The molecule has 0 saturated carbocycles. The Labute approximate surface area is 157 Å². The van der Waals surface area contributed by atoms with Gasteiger partial charge in [0.15, 0.2) is 0 Å². The number of hydrogen-bond acceptors (Lipinski definition) is 2. The molecule has 0 aliphatic heterocycles. The monoisotopic (exact) mass is 378 g/mol. The standard InChI is InChI=1S/C19H20Cl2N2O2/c1-12(2)23-19(25)15-5-3-4-14(10-15)18(24)22-9-8-13-6-7-16(20)11-17(13)21/h3-7,10-12H,8-9H2,1-2H3,(H,22,24)(H,23,25). The number of hydrogen-bond donors (Lipinski definition) is 2. The van der Waals surface area contributed by atoms with Crippen LogP contribution in [0.4, 0.5) is 0 Å². The summed E-state index contributed by atoms with van der Waals surface area (Å²) in [7, 11) is 0. The molecule has 2 aromatic rings. The van der Waals surface area contributed by atoms with Crippen LogP contribution in [-0.4, -0.2) is 24.4 Å². The summed E-state index contributed by atoms with van der Waals surface area (Å²) in [6.07, 6.45) is 0.593. The van der Waals surface area contributed by atoms with Gasteiger partial charge in [-0.05, 0) is 56.2 Å². The van der Waals surface area contributed by atoms with E-state index in [0.717, 1.165) is 5.56 Å². The Hall–Kier alpha value is -2.04. The van der Waals surface area contributed by atoms with Crippen LogP contribution in [0.3, 0.4) is 0 Å². The second-order valence-electron chi connectivity index (χ2n) is 5.95. The fourth-order valence-electron chi connectivity index (χ4n) is 2.28. The van der Waals surface area contributed by atoms with E-state index in [2.05, 4.69) is 10.6 Å². The Balaban J connectivity index is 1.95. The van der Waals surface area contributed by atoms with E-state index in [0.29, 0.717) is 34.1 Å². The molecule has 0 radical (unpaired) electrons. The molecule has 0 aliphatic carbocycles. The van der Waals surface area contributed by atoms with E-state index in [1.54, 1.807) is 36.4 Å². The largest absolute Gasteiger partial charge is 0.352 e. The minimum atomic E-state index is -0.232. The molecule has 0 heterocycles. The van der Waals surface area contributed by atoms with E-state index in [1.165, 1.54) is 0 Å². The molecule has 2 aromatic carbocycles. The molecular weight excluding hydrogens is 359 g/mol. The predicted molar refractivity (Wildman–Crippen MR) is 102 cm³/mol. The molecule has 6 heteroatoms. The Morgan fingerprint density at radius 2 is 1.68 bits per heavy atom. The summed E-state index contributed by atoms with van der Waals surface area (Å²) in [6, 6.07) is 12.0. The van der Waals surface area contributed by atoms with Crippen LogP contribution in [0.25, 0.3) is 0 Å². The lowest BCUT2D eigenvalue weighted by molar-refractivity contribution is 0.0943. The van der Waals surface area contributed by atoms with Crippen LogP contribution in [0.5, 0.6) is 0 Å². The van der Waals surface area contributed by atoms with Gasteiger partial charge in [-0.2, -0.15) is 0 Å². The molecule has 0 bridgehead atoms. The zero-order valence-electron chi connectivity index (χ0n) is 14.1. The highest BCUT2D eigenvalue weighted by atomic mass is 35.5. The first-order valence-electron chi connectivity index (χ1n) is 8.00. The molecule has 4 nitrogen and oxygen atoms in total. The molecule has 0 saturated heterocycles. The van der Waals surface area contributed by atoms with Gasteiger partial charge in [-0.25, -0.2) is 0 Å². The lowest BCUT2D eigenvalue weighted by Crippen LogP contribution is -2.30. The van der Waals surface area contributed by atoms with Gasteiger partial charge >= 0.3 is 0 Å². The highest BCUT2D eigenvalue weighted by molar-refractivity contribution is 6.35. The Bertz CT molecular complexity index is 776. The summed E-state index contributed by atoms with van der Waals surface area (Å²) in [5, 5.41) is 6.79. The fourth-order valence-corrected chi connectivity index (χ4v) is 2.79. The number of benzene rings is 2. The third-order valence-corrected chi connectivity index (χ3v) is 4.09. The van der Waals surface area contributed by atoms with Crippen LogP contribution in [0.2, 0.25) is 10.0 Å². The van der Waals surface area contributed by atoms with Gasteiger partial charge in [-0.15, -0.1) is 0 Å². The van der Waals surface area contributed by atoms with Crippen molar-refractivity contribution in [1.82, 2.24) is 10.6 Å². The van der Waals surface area contributed by atoms with Crippen molar-refractivity contribution in [3.05, 3.63) is 69.2 Å². The topological polar surface area (TPSA) is 58.2 Å². The molecule has 2 rings (SSSR count). The maximum Gasteiger partial charge on any atom is 0.251 e. The zero-order valence-corrected chi connectivity index (χ0v) is 15.6. The van der Waals surface area contributed by atoms with Crippen molar-refractivity contribution in [2.24, 2.45) is 0 Å². The first-order chi connectivity index (χ1) is 11.9. The molecule has 0 unspecified atom stereocenters. The van der Waals surface area contributed by atoms with E-state index >= 15 is 0 Å². The minimum Gasteiger partial charge on any atom is -0.352 e. The molecule has 132 valence electrons. The average molecular weight is 379 g/mol. The number of carbonyl (C=O) groups is 2. The van der Waals surface area contributed by atoms with Gasteiger partial charge in [0, 0.05) is 33.8 Å². The smallest absolute Gasteiger partial charge is 0.251 e. The lowest BCUT2D eigenvalue weighted by Gasteiger charge is -2.10. The van der Waals surface area contributed by atoms with E-state index in [9.17, 15) is 9.59 Å². The second kappa shape index (κ2) is 8.88. The van der Waals surface area contributed by atoms with Crippen molar-refractivity contribution < 1.29 is 9.59 Å². The average Bonchev–Trinajstić information content (AvgIpc) is 2.56. The number of nitrogens with one attached hydrogen (secondary N) is 2. The van der Waals surface area contributed by atoms with E-state index in [4.69, 9.17) is 23.2 Å². The number of carbonyl (C=O) groups excluding carboxylic acids is 2. The first-order valence-corrected chi connectivity index (χ1v) is 8.75. The maximum atomic E-state index is 12.3. The van der Waals surface area contributed by atoms with E-state index < -0.39 is 0 Å². The molecule has 0 aliphatic rings. The third-order valence-electron chi connectivity index (χ3n) is 3.50. The fraction of sp³-hybridized carbons (Fsp3) is 0.263. The molecule has 0 aromatic heterocycles. The predicted octanol–water partition coefficient (Wildman–Crippen LogP) is 4.10. The van der Waals surface area contributed by atoms with Crippen molar-refractivity contribution in [1.29, 1.82) is 0 Å². The summed E-state index contributed by atoms with van der Waals surface area (Å²) in [6.45, 7) is 4.20. The van der Waals surface area contributed by atoms with Crippen LogP contribution < -0.4 is 10.6 Å². The molecule has 2 N–H and O–H groups in total. The van der Waals surface area contributed by atoms with Gasteiger partial charge in [-0.1, -0.05) is 35.3 Å². The van der Waals surface area contributed by atoms with Crippen LogP contribution in [0.1, 0.15) is 40.1 Å². The van der Waals surface area contributed by atoms with Gasteiger partial charge in [0.1, 0.15) is 0 Å². The van der Waals surface area contributed by atoms with Gasteiger partial charge < -0.3 is 10.6 Å². The van der Waals surface area contributed by atoms with Crippen molar-refractivity contribution in [2.45, 2.75) is 26.3 Å². The molecule has 0 atom stereocenters. The Morgan fingerprint density at radius 1 is 1.00 bits per heavy atom. The summed E-state index contributed by atoms with van der Waals surface area (Å²) in [5.41, 5.74) is 1.82. The van der Waals surface area contributed by atoms with Crippen LogP contribution in [-0.2, 0) is 6.42 Å². The van der Waals surface area contributed by atoms with Crippen molar-refractivity contribution in [2.75, 3.05) is 6.54 Å². The molecule has 0 spiro atoms. The normalized spacial score (nSPS) is 10.6. The van der Waals surface area contributed by atoms with Crippen LogP contribution in [0, 0.1) is 0 Å². The molecule has 25 heavy (non-hydrogen) atoms. The maximum absolute atomic E-state index is 12.3. The second-order valence-corrected chi connectivity index (χ2v) is 6.79.